The molecule has 0 aromatic heterocycles. The average molecular weight is 272 g/mol. The molecule has 1 amide bonds. The fourth-order valence-corrected chi connectivity index (χ4v) is 1.75. The van der Waals surface area contributed by atoms with Crippen molar-refractivity contribution in [3.8, 4) is 0 Å². The molecule has 1 unspecified atom stereocenters. The topological polar surface area (TPSA) is 29.1 Å². The molecular weight excluding hydrogens is 257 g/mol. The van der Waals surface area contributed by atoms with Crippen LogP contribution in [-0.4, -0.2) is 11.9 Å². The molecule has 1 aromatic carbocycles. The van der Waals surface area contributed by atoms with Crippen molar-refractivity contribution in [2.75, 3.05) is 0 Å². The van der Waals surface area contributed by atoms with Crippen LogP contribution >= 0.6 is 23.2 Å². The van der Waals surface area contributed by atoms with Gasteiger partial charge in [0.15, 0.2) is 0 Å². The van der Waals surface area contributed by atoms with Crippen LogP contribution in [0.1, 0.15) is 25.8 Å². The standard InChI is InChI=1S/C13H15Cl2NO/c1-3-9(2)16-13(17)8-7-10-11(14)5-4-6-12(10)15/h4-9H,3H2,1-2H3,(H,16,17)/b8-7+. The van der Waals surface area contributed by atoms with Gasteiger partial charge in [0, 0.05) is 27.7 Å². The number of hydrogen-bond donors (Lipinski definition) is 1. The van der Waals surface area contributed by atoms with Crippen molar-refractivity contribution >= 4 is 35.2 Å². The maximum absolute atomic E-state index is 11.5. The lowest BCUT2D eigenvalue weighted by molar-refractivity contribution is -0.117. The number of halogens is 2. The van der Waals surface area contributed by atoms with Crippen LogP contribution in [0.3, 0.4) is 0 Å². The smallest absolute Gasteiger partial charge is 0.244 e. The first-order valence-electron chi connectivity index (χ1n) is 5.47. The van der Waals surface area contributed by atoms with E-state index in [0.717, 1.165) is 6.42 Å². The Morgan fingerprint density at radius 1 is 1.41 bits per heavy atom. The van der Waals surface area contributed by atoms with E-state index in [1.54, 1.807) is 24.3 Å². The van der Waals surface area contributed by atoms with Gasteiger partial charge in [-0.25, -0.2) is 0 Å². The number of carbonyl (C=O) groups is 1. The van der Waals surface area contributed by atoms with Gasteiger partial charge in [-0.2, -0.15) is 0 Å². The summed E-state index contributed by atoms with van der Waals surface area (Å²) in [6, 6.07) is 5.40. The predicted molar refractivity (Wildman–Crippen MR) is 73.4 cm³/mol. The molecule has 17 heavy (non-hydrogen) atoms. The molecule has 1 aromatic rings. The zero-order valence-electron chi connectivity index (χ0n) is 9.84. The fraction of sp³-hybridized carbons (Fsp3) is 0.308. The van der Waals surface area contributed by atoms with Gasteiger partial charge in [0.2, 0.25) is 5.91 Å². The molecule has 0 aliphatic heterocycles. The van der Waals surface area contributed by atoms with Crippen LogP contribution in [0.25, 0.3) is 6.08 Å². The predicted octanol–water partition coefficient (Wildman–Crippen LogP) is 3.92. The van der Waals surface area contributed by atoms with Crippen molar-refractivity contribution in [1.82, 2.24) is 5.32 Å². The number of hydrogen-bond acceptors (Lipinski definition) is 1. The van der Waals surface area contributed by atoms with E-state index in [4.69, 9.17) is 23.2 Å². The summed E-state index contributed by atoms with van der Waals surface area (Å²) in [5.74, 6) is -0.143. The van der Waals surface area contributed by atoms with Crippen LogP contribution in [0.15, 0.2) is 24.3 Å². The molecule has 1 N–H and O–H groups in total. The number of benzene rings is 1. The Labute approximate surface area is 112 Å². The van der Waals surface area contributed by atoms with E-state index in [9.17, 15) is 4.79 Å². The highest BCUT2D eigenvalue weighted by atomic mass is 35.5. The minimum absolute atomic E-state index is 0.143. The zero-order valence-corrected chi connectivity index (χ0v) is 11.3. The van der Waals surface area contributed by atoms with Gasteiger partial charge in [-0.3, -0.25) is 4.79 Å². The van der Waals surface area contributed by atoms with E-state index in [1.807, 2.05) is 13.8 Å². The van der Waals surface area contributed by atoms with Crippen LogP contribution in [0, 0.1) is 0 Å². The van der Waals surface area contributed by atoms with Crippen molar-refractivity contribution in [2.24, 2.45) is 0 Å². The van der Waals surface area contributed by atoms with Crippen molar-refractivity contribution < 1.29 is 4.79 Å². The Morgan fingerprint density at radius 3 is 2.53 bits per heavy atom. The fourth-order valence-electron chi connectivity index (χ4n) is 1.22. The summed E-state index contributed by atoms with van der Waals surface area (Å²) >= 11 is 12.0. The molecule has 0 saturated heterocycles. The molecular formula is C13H15Cl2NO. The lowest BCUT2D eigenvalue weighted by Gasteiger charge is -2.08. The molecule has 1 atom stereocenters. The third kappa shape index (κ3) is 4.41. The first-order chi connectivity index (χ1) is 8.04. The second-order valence-corrected chi connectivity index (χ2v) is 4.60. The van der Waals surface area contributed by atoms with Gasteiger partial charge < -0.3 is 5.32 Å². The summed E-state index contributed by atoms with van der Waals surface area (Å²) in [5.41, 5.74) is 0.662. The minimum Gasteiger partial charge on any atom is -0.350 e. The summed E-state index contributed by atoms with van der Waals surface area (Å²) in [4.78, 5) is 11.5. The van der Waals surface area contributed by atoms with Crippen molar-refractivity contribution in [1.29, 1.82) is 0 Å². The van der Waals surface area contributed by atoms with Crippen LogP contribution in [0.4, 0.5) is 0 Å². The number of carbonyl (C=O) groups excluding carboxylic acids is 1. The van der Waals surface area contributed by atoms with E-state index in [0.29, 0.717) is 15.6 Å². The molecule has 0 aliphatic carbocycles. The van der Waals surface area contributed by atoms with Gasteiger partial charge in [0.05, 0.1) is 0 Å². The third-order valence-corrected chi connectivity index (χ3v) is 3.06. The molecule has 0 heterocycles. The van der Waals surface area contributed by atoms with Crippen molar-refractivity contribution in [3.05, 3.63) is 39.9 Å². The Balaban J connectivity index is 2.74. The number of nitrogens with one attached hydrogen (secondary N) is 1. The van der Waals surface area contributed by atoms with Crippen LogP contribution in [0.2, 0.25) is 10.0 Å². The first-order valence-corrected chi connectivity index (χ1v) is 6.22. The highest BCUT2D eigenvalue weighted by Gasteiger charge is 2.04. The van der Waals surface area contributed by atoms with E-state index in [2.05, 4.69) is 5.32 Å². The van der Waals surface area contributed by atoms with Crippen LogP contribution in [-0.2, 0) is 4.79 Å². The Bertz CT molecular complexity index is 409. The molecule has 0 spiro atoms. The molecule has 0 bridgehead atoms. The Kier molecular flexibility index (Phi) is 5.52. The second kappa shape index (κ2) is 6.67. The normalized spacial score (nSPS) is 12.7. The highest BCUT2D eigenvalue weighted by Crippen LogP contribution is 2.25. The summed E-state index contributed by atoms with van der Waals surface area (Å²) in [7, 11) is 0. The SMILES string of the molecule is CCC(C)NC(=O)/C=C/c1c(Cl)cccc1Cl. The highest BCUT2D eigenvalue weighted by molar-refractivity contribution is 6.37. The van der Waals surface area contributed by atoms with Crippen molar-refractivity contribution in [2.45, 2.75) is 26.3 Å². The van der Waals surface area contributed by atoms with Gasteiger partial charge in [-0.1, -0.05) is 36.2 Å². The molecule has 0 aliphatic rings. The lowest BCUT2D eigenvalue weighted by Crippen LogP contribution is -2.30. The molecule has 0 saturated carbocycles. The van der Waals surface area contributed by atoms with Gasteiger partial charge >= 0.3 is 0 Å². The average Bonchev–Trinajstić information content (AvgIpc) is 2.28. The molecule has 2 nitrogen and oxygen atoms in total. The molecule has 0 radical (unpaired) electrons. The largest absolute Gasteiger partial charge is 0.350 e. The van der Waals surface area contributed by atoms with Gasteiger partial charge in [0.1, 0.15) is 0 Å². The Hall–Kier alpha value is -0.990. The van der Waals surface area contributed by atoms with Gasteiger partial charge in [-0.05, 0) is 31.6 Å². The van der Waals surface area contributed by atoms with Gasteiger partial charge in [0.25, 0.3) is 0 Å². The third-order valence-electron chi connectivity index (χ3n) is 2.40. The van der Waals surface area contributed by atoms with E-state index in [-0.39, 0.29) is 11.9 Å². The summed E-state index contributed by atoms with van der Waals surface area (Å²) in [6.45, 7) is 3.97. The second-order valence-electron chi connectivity index (χ2n) is 3.79. The number of amides is 1. The molecule has 92 valence electrons. The summed E-state index contributed by atoms with van der Waals surface area (Å²) in [6.07, 6.45) is 3.97. The summed E-state index contributed by atoms with van der Waals surface area (Å²) in [5, 5.41) is 3.89. The monoisotopic (exact) mass is 271 g/mol. The zero-order chi connectivity index (χ0) is 12.8. The van der Waals surface area contributed by atoms with Crippen LogP contribution in [0.5, 0.6) is 0 Å². The first kappa shape index (κ1) is 14.1. The van der Waals surface area contributed by atoms with E-state index in [1.165, 1.54) is 6.08 Å². The van der Waals surface area contributed by atoms with Crippen LogP contribution < -0.4 is 5.32 Å². The molecule has 1 rings (SSSR count). The maximum Gasteiger partial charge on any atom is 0.244 e. The lowest BCUT2D eigenvalue weighted by atomic mass is 10.2. The number of rotatable bonds is 4. The quantitative estimate of drug-likeness (QED) is 0.827. The molecule has 4 heteroatoms. The maximum atomic E-state index is 11.5. The van der Waals surface area contributed by atoms with E-state index < -0.39 is 0 Å². The summed E-state index contributed by atoms with van der Waals surface area (Å²) < 4.78 is 0. The molecule has 0 fully saturated rings. The van der Waals surface area contributed by atoms with Gasteiger partial charge in [-0.15, -0.1) is 0 Å². The van der Waals surface area contributed by atoms with Crippen molar-refractivity contribution in [3.63, 3.8) is 0 Å². The Morgan fingerprint density at radius 2 is 2.00 bits per heavy atom. The van der Waals surface area contributed by atoms with E-state index >= 15 is 0 Å². The minimum atomic E-state index is -0.143.